The van der Waals surface area contributed by atoms with Gasteiger partial charge >= 0.3 is 0 Å². The molecule has 0 amide bonds. The lowest BCUT2D eigenvalue weighted by atomic mass is 9.88. The molecule has 1 aliphatic heterocycles. The number of rotatable bonds is 3. The first-order valence-electron chi connectivity index (χ1n) is 9.02. The van der Waals surface area contributed by atoms with Gasteiger partial charge in [-0.25, -0.2) is 0 Å². The summed E-state index contributed by atoms with van der Waals surface area (Å²) in [5.41, 5.74) is 4.53. The van der Waals surface area contributed by atoms with E-state index in [-0.39, 0.29) is 5.56 Å². The van der Waals surface area contributed by atoms with Crippen molar-refractivity contribution in [2.45, 2.75) is 51.4 Å². The van der Waals surface area contributed by atoms with E-state index in [1.807, 2.05) is 11.7 Å². The molecule has 5 heteroatoms. The summed E-state index contributed by atoms with van der Waals surface area (Å²) in [6.07, 6.45) is 6.65. The van der Waals surface area contributed by atoms with Gasteiger partial charge < -0.3 is 9.88 Å². The van der Waals surface area contributed by atoms with Gasteiger partial charge in [0, 0.05) is 30.5 Å². The van der Waals surface area contributed by atoms with Crippen LogP contribution in [-0.4, -0.2) is 39.3 Å². The van der Waals surface area contributed by atoms with Crippen LogP contribution in [0, 0.1) is 0 Å². The molecule has 1 N–H and O–H groups in total. The van der Waals surface area contributed by atoms with Crippen LogP contribution < -0.4 is 5.56 Å². The summed E-state index contributed by atoms with van der Waals surface area (Å²) in [6, 6.07) is 0. The minimum Gasteiger partial charge on any atom is -0.307 e. The van der Waals surface area contributed by atoms with Crippen molar-refractivity contribution >= 4 is 11.0 Å². The molecule has 0 bridgehead atoms. The molecule has 0 aromatic carbocycles. The number of fused-ring (bicyclic) bond motifs is 3. The number of H-pyrrole nitrogens is 1. The molecule has 0 radical (unpaired) electrons. The Morgan fingerprint density at radius 2 is 2.04 bits per heavy atom. The summed E-state index contributed by atoms with van der Waals surface area (Å²) >= 11 is 0. The number of nitrogens with zero attached hydrogens (tertiary/aromatic N) is 3. The van der Waals surface area contributed by atoms with Gasteiger partial charge in [0.25, 0.3) is 5.56 Å². The molecule has 1 aliphatic carbocycles. The highest BCUT2D eigenvalue weighted by molar-refractivity contribution is 5.84. The molecule has 2 aromatic heterocycles. The quantitative estimate of drug-likeness (QED) is 0.946. The van der Waals surface area contributed by atoms with Gasteiger partial charge in [-0.2, -0.15) is 5.10 Å². The van der Waals surface area contributed by atoms with Crippen molar-refractivity contribution in [1.29, 1.82) is 0 Å². The Balaban J connectivity index is 1.83. The second-order valence-corrected chi connectivity index (χ2v) is 7.14. The maximum absolute atomic E-state index is 12.4. The van der Waals surface area contributed by atoms with E-state index >= 15 is 0 Å². The van der Waals surface area contributed by atoms with E-state index in [1.165, 1.54) is 49.0 Å². The van der Waals surface area contributed by atoms with Crippen molar-refractivity contribution in [3.63, 3.8) is 0 Å². The second-order valence-electron chi connectivity index (χ2n) is 7.14. The summed E-state index contributed by atoms with van der Waals surface area (Å²) < 4.78 is 1.88. The molecule has 124 valence electrons. The lowest BCUT2D eigenvalue weighted by Crippen LogP contribution is -2.21. The number of aromatic amines is 1. The average Bonchev–Trinajstić information content (AvgIpc) is 3.13. The van der Waals surface area contributed by atoms with Crippen LogP contribution in [0.5, 0.6) is 0 Å². The summed E-state index contributed by atoms with van der Waals surface area (Å²) in [5, 5.41) is 6.09. The van der Waals surface area contributed by atoms with Crippen LogP contribution in [-0.2, 0) is 19.9 Å². The van der Waals surface area contributed by atoms with E-state index in [0.717, 1.165) is 37.0 Å². The summed E-state index contributed by atoms with van der Waals surface area (Å²) in [4.78, 5) is 18.0. The van der Waals surface area contributed by atoms with Crippen molar-refractivity contribution in [3.05, 3.63) is 27.2 Å². The van der Waals surface area contributed by atoms with Gasteiger partial charge in [-0.05, 0) is 57.2 Å². The van der Waals surface area contributed by atoms with Crippen molar-refractivity contribution in [1.82, 2.24) is 19.7 Å². The second kappa shape index (κ2) is 5.78. The zero-order valence-electron chi connectivity index (χ0n) is 14.2. The van der Waals surface area contributed by atoms with Gasteiger partial charge in [0.15, 0.2) is 0 Å². The highest BCUT2D eigenvalue weighted by Gasteiger charge is 2.30. The first kappa shape index (κ1) is 14.9. The van der Waals surface area contributed by atoms with E-state index in [2.05, 4.69) is 16.8 Å². The Bertz CT molecular complexity index is 788. The SMILES string of the molecule is CCCN1CC[C@H](c2nn(C)c3[nH]c(=O)c4c(c23)CCCC4)C1. The van der Waals surface area contributed by atoms with Crippen LogP contribution in [0.3, 0.4) is 0 Å². The molecule has 0 unspecified atom stereocenters. The van der Waals surface area contributed by atoms with Gasteiger partial charge in [-0.1, -0.05) is 6.92 Å². The van der Waals surface area contributed by atoms with Crippen LogP contribution in [0.15, 0.2) is 4.79 Å². The molecule has 2 aromatic rings. The predicted octanol–water partition coefficient (Wildman–Crippen LogP) is 2.34. The molecule has 1 atom stereocenters. The molecular formula is C18H26N4O. The van der Waals surface area contributed by atoms with Crippen LogP contribution in [0.1, 0.15) is 55.3 Å². The number of likely N-dealkylation sites (tertiary alicyclic amines) is 1. The Labute approximate surface area is 136 Å². The van der Waals surface area contributed by atoms with Gasteiger partial charge in [-0.15, -0.1) is 0 Å². The monoisotopic (exact) mass is 314 g/mol. The summed E-state index contributed by atoms with van der Waals surface area (Å²) in [7, 11) is 1.95. The lowest BCUT2D eigenvalue weighted by molar-refractivity contribution is 0.334. The normalized spacial score (nSPS) is 21.9. The van der Waals surface area contributed by atoms with Gasteiger partial charge in [0.2, 0.25) is 0 Å². The van der Waals surface area contributed by atoms with Crippen LogP contribution >= 0.6 is 0 Å². The predicted molar refractivity (Wildman–Crippen MR) is 92.1 cm³/mol. The maximum atomic E-state index is 12.4. The minimum atomic E-state index is 0.0979. The number of nitrogens with one attached hydrogen (secondary N) is 1. The van der Waals surface area contributed by atoms with Gasteiger partial charge in [0.05, 0.1) is 5.69 Å². The molecule has 5 nitrogen and oxygen atoms in total. The fraction of sp³-hybridized carbons (Fsp3) is 0.667. The van der Waals surface area contributed by atoms with Gasteiger partial charge in [-0.3, -0.25) is 9.48 Å². The molecule has 0 spiro atoms. The number of hydrogen-bond donors (Lipinski definition) is 1. The number of aromatic nitrogens is 3. The number of pyridine rings is 1. The number of hydrogen-bond acceptors (Lipinski definition) is 3. The zero-order valence-corrected chi connectivity index (χ0v) is 14.2. The highest BCUT2D eigenvalue weighted by Crippen LogP contribution is 2.35. The third kappa shape index (κ3) is 2.42. The average molecular weight is 314 g/mol. The van der Waals surface area contributed by atoms with Crippen LogP contribution in [0.25, 0.3) is 11.0 Å². The summed E-state index contributed by atoms with van der Waals surface area (Å²) in [6.45, 7) is 5.69. The Kier molecular flexibility index (Phi) is 3.76. The molecular weight excluding hydrogens is 288 g/mol. The smallest absolute Gasteiger partial charge is 0.253 e. The van der Waals surface area contributed by atoms with E-state index in [4.69, 9.17) is 5.10 Å². The largest absolute Gasteiger partial charge is 0.307 e. The van der Waals surface area contributed by atoms with E-state index in [0.29, 0.717) is 5.92 Å². The van der Waals surface area contributed by atoms with Crippen molar-refractivity contribution < 1.29 is 0 Å². The van der Waals surface area contributed by atoms with Crippen molar-refractivity contribution in [3.8, 4) is 0 Å². The number of aryl methyl sites for hydroxylation is 2. The first-order chi connectivity index (χ1) is 11.2. The maximum Gasteiger partial charge on any atom is 0.253 e. The first-order valence-corrected chi connectivity index (χ1v) is 9.02. The van der Waals surface area contributed by atoms with Crippen molar-refractivity contribution in [2.75, 3.05) is 19.6 Å². The van der Waals surface area contributed by atoms with E-state index in [9.17, 15) is 4.79 Å². The Morgan fingerprint density at radius 3 is 2.83 bits per heavy atom. The molecule has 1 fully saturated rings. The topological polar surface area (TPSA) is 53.9 Å². The minimum absolute atomic E-state index is 0.0979. The molecule has 23 heavy (non-hydrogen) atoms. The van der Waals surface area contributed by atoms with Crippen LogP contribution in [0.2, 0.25) is 0 Å². The van der Waals surface area contributed by atoms with Crippen molar-refractivity contribution in [2.24, 2.45) is 7.05 Å². The lowest BCUT2D eigenvalue weighted by Gasteiger charge is -2.17. The van der Waals surface area contributed by atoms with Crippen LogP contribution in [0.4, 0.5) is 0 Å². The molecule has 3 heterocycles. The Hall–Kier alpha value is -1.62. The highest BCUT2D eigenvalue weighted by atomic mass is 16.1. The standard InChI is InChI=1S/C18H26N4O/c1-3-9-22-10-8-12(11-22)16-15-13-6-4-5-7-14(13)18(23)19-17(15)21(2)20-16/h12H,3-11H2,1-2H3,(H,19,23)/t12-/m0/s1. The molecule has 4 rings (SSSR count). The van der Waals surface area contributed by atoms with E-state index in [1.54, 1.807) is 0 Å². The third-order valence-corrected chi connectivity index (χ3v) is 5.55. The molecule has 1 saturated heterocycles. The fourth-order valence-corrected chi connectivity index (χ4v) is 4.46. The molecule has 2 aliphatic rings. The zero-order chi connectivity index (χ0) is 16.0. The van der Waals surface area contributed by atoms with E-state index < -0.39 is 0 Å². The van der Waals surface area contributed by atoms with Gasteiger partial charge in [0.1, 0.15) is 5.65 Å². The fourth-order valence-electron chi connectivity index (χ4n) is 4.46. The third-order valence-electron chi connectivity index (χ3n) is 5.55. The summed E-state index contributed by atoms with van der Waals surface area (Å²) in [5.74, 6) is 0.502. The Morgan fingerprint density at radius 1 is 1.26 bits per heavy atom. The molecule has 0 saturated carbocycles.